The Labute approximate surface area is 223 Å². The quantitative estimate of drug-likeness (QED) is 0.343. The fraction of sp³-hybridized carbons (Fsp3) is 0.407. The molecule has 1 amide bonds. The normalized spacial score (nSPS) is 14.7. The molecule has 2 heterocycles. The molecule has 2 aromatic rings. The molecule has 1 aromatic carbocycles. The van der Waals surface area contributed by atoms with Gasteiger partial charge in [-0.2, -0.15) is 5.26 Å². The zero-order chi connectivity index (χ0) is 26.8. The molecule has 0 saturated carbocycles. The molecule has 0 atom stereocenters. The number of piperidine rings is 1. The van der Waals surface area contributed by atoms with E-state index in [1.165, 1.54) is 24.4 Å². The largest absolute Gasteiger partial charge is 0.444 e. The van der Waals surface area contributed by atoms with Crippen LogP contribution in [0.4, 0.5) is 4.79 Å². The van der Waals surface area contributed by atoms with Gasteiger partial charge in [0.2, 0.25) is 0 Å². The van der Waals surface area contributed by atoms with E-state index in [0.29, 0.717) is 30.2 Å². The number of allylic oxidation sites excluding steroid dienone is 1. The average Bonchev–Trinajstić information content (AvgIpc) is 2.88. The van der Waals surface area contributed by atoms with E-state index in [2.05, 4.69) is 26.3 Å². The van der Waals surface area contributed by atoms with E-state index in [1.54, 1.807) is 24.5 Å². The van der Waals surface area contributed by atoms with Crippen molar-refractivity contribution in [2.75, 3.05) is 19.6 Å². The Morgan fingerprint density at radius 3 is 2.57 bits per heavy atom. The van der Waals surface area contributed by atoms with Gasteiger partial charge in [0.15, 0.2) is 5.82 Å². The highest BCUT2D eigenvalue weighted by atomic mass is 32.2. The van der Waals surface area contributed by atoms with Crippen molar-refractivity contribution < 1.29 is 9.53 Å². The van der Waals surface area contributed by atoms with Crippen LogP contribution in [0.25, 0.3) is 11.4 Å². The van der Waals surface area contributed by atoms with Gasteiger partial charge in [0.05, 0.1) is 17.5 Å². The van der Waals surface area contributed by atoms with Crippen LogP contribution in [-0.4, -0.2) is 46.2 Å². The number of nitrogens with zero attached hydrogens (tertiary/aromatic N) is 4. The van der Waals surface area contributed by atoms with Gasteiger partial charge in [-0.15, -0.1) is 0 Å². The lowest BCUT2D eigenvalue weighted by atomic mass is 10.1. The first kappa shape index (κ1) is 27.9. The summed E-state index contributed by atoms with van der Waals surface area (Å²) in [5.41, 5.74) is 13.9. The molecule has 0 bridgehead atoms. The van der Waals surface area contributed by atoms with E-state index in [9.17, 15) is 10.1 Å². The number of ether oxygens (including phenoxy) is 1. The van der Waals surface area contributed by atoms with E-state index >= 15 is 0 Å². The summed E-state index contributed by atoms with van der Waals surface area (Å²) in [6.45, 7) is 7.75. The van der Waals surface area contributed by atoms with Crippen LogP contribution in [0.5, 0.6) is 0 Å². The first-order chi connectivity index (χ1) is 17.7. The zero-order valence-corrected chi connectivity index (χ0v) is 22.5. The third-order valence-electron chi connectivity index (χ3n) is 5.54. The Hall–Kier alpha value is -3.71. The lowest BCUT2D eigenvalue weighted by Gasteiger charge is -2.28. The number of amides is 1. The van der Waals surface area contributed by atoms with Crippen molar-refractivity contribution in [3.05, 3.63) is 64.7 Å². The van der Waals surface area contributed by atoms with Gasteiger partial charge in [-0.25, -0.2) is 14.8 Å². The summed E-state index contributed by atoms with van der Waals surface area (Å²) in [5, 5.41) is 12.2. The second-order valence-corrected chi connectivity index (χ2v) is 10.8. The van der Waals surface area contributed by atoms with Crippen LogP contribution in [-0.2, 0) is 11.2 Å². The summed E-state index contributed by atoms with van der Waals surface area (Å²) in [6, 6.07) is 7.57. The molecule has 196 valence electrons. The SMILES string of the molecule is CC(C)(C)OC(=O)NCCc1cnc(-c2ccc(C#N)cc2SC(=C/N)/C=C(\N)N2CCCCC2)nc1. The minimum Gasteiger partial charge on any atom is -0.444 e. The predicted molar refractivity (Wildman–Crippen MR) is 146 cm³/mol. The van der Waals surface area contributed by atoms with Crippen molar-refractivity contribution in [3.8, 4) is 17.5 Å². The number of nitrogens with two attached hydrogens (primary N) is 2. The van der Waals surface area contributed by atoms with Gasteiger partial charge in [0.1, 0.15) is 5.60 Å². The molecule has 1 fully saturated rings. The average molecular weight is 522 g/mol. The summed E-state index contributed by atoms with van der Waals surface area (Å²) in [7, 11) is 0. The maximum Gasteiger partial charge on any atom is 0.407 e. The van der Waals surface area contributed by atoms with Crippen molar-refractivity contribution in [2.45, 2.75) is 57.0 Å². The fourth-order valence-corrected chi connectivity index (χ4v) is 4.69. The summed E-state index contributed by atoms with van der Waals surface area (Å²) in [5.74, 6) is 1.21. The van der Waals surface area contributed by atoms with Crippen molar-refractivity contribution >= 4 is 17.9 Å². The van der Waals surface area contributed by atoms with E-state index in [1.807, 2.05) is 32.9 Å². The topological polar surface area (TPSA) is 143 Å². The molecule has 1 aliphatic rings. The second kappa shape index (κ2) is 13.0. The van der Waals surface area contributed by atoms with Crippen molar-refractivity contribution in [1.29, 1.82) is 5.26 Å². The van der Waals surface area contributed by atoms with Gasteiger partial charge in [-0.3, -0.25) is 0 Å². The number of nitriles is 1. The third kappa shape index (κ3) is 8.72. The summed E-state index contributed by atoms with van der Waals surface area (Å²) < 4.78 is 5.25. The number of nitrogens with one attached hydrogen (secondary N) is 1. The van der Waals surface area contributed by atoms with Crippen LogP contribution in [0.3, 0.4) is 0 Å². The van der Waals surface area contributed by atoms with Gasteiger partial charge < -0.3 is 26.4 Å². The molecule has 0 unspecified atom stereocenters. The molecule has 1 saturated heterocycles. The maximum absolute atomic E-state index is 11.8. The van der Waals surface area contributed by atoms with Gasteiger partial charge in [-0.1, -0.05) is 11.8 Å². The minimum absolute atomic E-state index is 0.408. The molecule has 0 aliphatic carbocycles. The zero-order valence-electron chi connectivity index (χ0n) is 21.7. The number of carbonyl (C=O) groups excluding carboxylic acids is 1. The molecule has 37 heavy (non-hydrogen) atoms. The maximum atomic E-state index is 11.8. The smallest absolute Gasteiger partial charge is 0.407 e. The molecule has 0 radical (unpaired) electrons. The predicted octanol–water partition coefficient (Wildman–Crippen LogP) is 4.26. The second-order valence-electron chi connectivity index (χ2n) is 9.70. The van der Waals surface area contributed by atoms with Crippen molar-refractivity contribution in [2.24, 2.45) is 11.5 Å². The number of aromatic nitrogens is 2. The summed E-state index contributed by atoms with van der Waals surface area (Å²) in [6.07, 6.45) is 10.5. The van der Waals surface area contributed by atoms with Crippen LogP contribution in [0.2, 0.25) is 0 Å². The molecule has 5 N–H and O–H groups in total. The molecule has 0 spiro atoms. The number of likely N-dealkylation sites (tertiary alicyclic amines) is 1. The first-order valence-corrected chi connectivity index (χ1v) is 13.1. The van der Waals surface area contributed by atoms with Crippen molar-refractivity contribution in [3.63, 3.8) is 0 Å². The Morgan fingerprint density at radius 1 is 1.24 bits per heavy atom. The number of hydrogen-bond donors (Lipinski definition) is 3. The van der Waals surface area contributed by atoms with Gasteiger partial charge >= 0.3 is 6.09 Å². The third-order valence-corrected chi connectivity index (χ3v) is 6.59. The Balaban J connectivity index is 1.73. The monoisotopic (exact) mass is 521 g/mol. The number of rotatable bonds is 8. The highest BCUT2D eigenvalue weighted by Crippen LogP contribution is 2.35. The molecule has 10 heteroatoms. The Kier molecular flexibility index (Phi) is 9.80. The Morgan fingerprint density at radius 2 is 1.95 bits per heavy atom. The summed E-state index contributed by atoms with van der Waals surface area (Å²) >= 11 is 1.42. The number of thioether (sulfide) groups is 1. The Bertz CT molecular complexity index is 1170. The lowest BCUT2D eigenvalue weighted by molar-refractivity contribution is 0.0528. The highest BCUT2D eigenvalue weighted by molar-refractivity contribution is 8.03. The van der Waals surface area contributed by atoms with E-state index in [4.69, 9.17) is 16.2 Å². The van der Waals surface area contributed by atoms with E-state index < -0.39 is 11.7 Å². The summed E-state index contributed by atoms with van der Waals surface area (Å²) in [4.78, 5) is 24.6. The number of alkyl carbamates (subject to hydrolysis) is 1. The van der Waals surface area contributed by atoms with Crippen LogP contribution in [0, 0.1) is 11.3 Å². The molecule has 1 aliphatic heterocycles. The fourth-order valence-electron chi connectivity index (χ4n) is 3.73. The van der Waals surface area contributed by atoms with E-state index in [0.717, 1.165) is 46.9 Å². The minimum atomic E-state index is -0.542. The number of hydrogen-bond acceptors (Lipinski definition) is 9. The van der Waals surface area contributed by atoms with Gasteiger partial charge in [0, 0.05) is 53.6 Å². The molecular weight excluding hydrogens is 486 g/mol. The lowest BCUT2D eigenvalue weighted by Crippen LogP contribution is -2.33. The van der Waals surface area contributed by atoms with Crippen LogP contribution in [0.1, 0.15) is 51.2 Å². The number of benzene rings is 1. The van der Waals surface area contributed by atoms with Crippen LogP contribution in [0.15, 0.2) is 58.5 Å². The molecule has 3 rings (SSSR count). The molecule has 1 aromatic heterocycles. The molecule has 9 nitrogen and oxygen atoms in total. The van der Waals surface area contributed by atoms with Crippen molar-refractivity contribution in [1.82, 2.24) is 20.2 Å². The van der Waals surface area contributed by atoms with Crippen LogP contribution >= 0.6 is 11.8 Å². The van der Waals surface area contributed by atoms with Gasteiger partial charge in [0.25, 0.3) is 0 Å². The van der Waals surface area contributed by atoms with E-state index in [-0.39, 0.29) is 0 Å². The highest BCUT2D eigenvalue weighted by Gasteiger charge is 2.16. The molecular formula is C27H35N7O2S. The number of carbonyl (C=O) groups is 1. The standard InChI is InChI=1S/C27H35N7O2S/c1-27(2,3)36-26(35)31-10-9-20-17-32-25(33-18-20)22-8-7-19(15-28)13-23(22)37-21(16-29)14-24(30)34-11-5-4-6-12-34/h7-8,13-14,16-18H,4-6,9-12,29-30H2,1-3H3,(H,31,35)/b21-16+,24-14+. The van der Waals surface area contributed by atoms with Gasteiger partial charge in [-0.05, 0) is 76.3 Å². The van der Waals surface area contributed by atoms with Crippen LogP contribution < -0.4 is 16.8 Å². The first-order valence-electron chi connectivity index (χ1n) is 12.3.